The van der Waals surface area contributed by atoms with Crippen LogP contribution in [0.15, 0.2) is 0 Å². The van der Waals surface area contributed by atoms with Crippen LogP contribution in [0.2, 0.25) is 0 Å². The Kier molecular flexibility index (Phi) is 3.93. The van der Waals surface area contributed by atoms with Gasteiger partial charge in [-0.3, -0.25) is 4.79 Å². The molecule has 2 unspecified atom stereocenters. The highest BCUT2D eigenvalue weighted by Gasteiger charge is 2.46. The molecule has 0 aliphatic heterocycles. The molecule has 0 heterocycles. The molecule has 2 rings (SSSR count). The third-order valence-corrected chi connectivity index (χ3v) is 4.74. The lowest BCUT2D eigenvalue weighted by atomic mass is 9.73. The lowest BCUT2D eigenvalue weighted by Gasteiger charge is -2.40. The van der Waals surface area contributed by atoms with Gasteiger partial charge in [0.25, 0.3) is 0 Å². The summed E-state index contributed by atoms with van der Waals surface area (Å²) < 4.78 is 0. The van der Waals surface area contributed by atoms with Crippen LogP contribution in [0.1, 0.15) is 58.3 Å². The van der Waals surface area contributed by atoms with Crippen molar-refractivity contribution in [3.05, 3.63) is 0 Å². The average Bonchev–Trinajstić information content (AvgIpc) is 2.26. The molecule has 18 heavy (non-hydrogen) atoms. The number of aliphatic carboxylic acids is 1. The molecule has 0 aromatic heterocycles. The molecule has 2 saturated carbocycles. The lowest BCUT2D eigenvalue weighted by Crippen LogP contribution is -2.60. The molecule has 2 fully saturated rings. The SMILES string of the molecule is CC1CCCCC1(NC(=O)CC1CCC1)C(=O)O. The van der Waals surface area contributed by atoms with Gasteiger partial charge >= 0.3 is 5.97 Å². The zero-order valence-corrected chi connectivity index (χ0v) is 11.1. The van der Waals surface area contributed by atoms with Crippen molar-refractivity contribution in [2.24, 2.45) is 11.8 Å². The number of hydrogen-bond acceptors (Lipinski definition) is 2. The fourth-order valence-corrected chi connectivity index (χ4v) is 3.16. The number of rotatable bonds is 4. The Balaban J connectivity index is 2.00. The van der Waals surface area contributed by atoms with Crippen LogP contribution < -0.4 is 5.32 Å². The fourth-order valence-electron chi connectivity index (χ4n) is 3.16. The highest BCUT2D eigenvalue weighted by Crippen LogP contribution is 2.35. The molecule has 4 nitrogen and oxygen atoms in total. The van der Waals surface area contributed by atoms with Crippen molar-refractivity contribution in [1.29, 1.82) is 0 Å². The Morgan fingerprint density at radius 1 is 1.22 bits per heavy atom. The maximum Gasteiger partial charge on any atom is 0.329 e. The smallest absolute Gasteiger partial charge is 0.329 e. The summed E-state index contributed by atoms with van der Waals surface area (Å²) in [4.78, 5) is 23.6. The Bertz CT molecular complexity index is 338. The van der Waals surface area contributed by atoms with Crippen molar-refractivity contribution in [1.82, 2.24) is 5.32 Å². The van der Waals surface area contributed by atoms with Gasteiger partial charge in [-0.1, -0.05) is 26.2 Å². The number of nitrogens with one attached hydrogen (secondary N) is 1. The Labute approximate surface area is 108 Å². The van der Waals surface area contributed by atoms with E-state index in [0.717, 1.165) is 32.1 Å². The predicted molar refractivity (Wildman–Crippen MR) is 68.1 cm³/mol. The molecule has 1 amide bonds. The first-order valence-electron chi connectivity index (χ1n) is 7.09. The van der Waals surface area contributed by atoms with E-state index in [0.29, 0.717) is 18.8 Å². The van der Waals surface area contributed by atoms with E-state index < -0.39 is 11.5 Å². The van der Waals surface area contributed by atoms with E-state index in [-0.39, 0.29) is 11.8 Å². The summed E-state index contributed by atoms with van der Waals surface area (Å²) in [5.74, 6) is -0.434. The number of carboxylic acids is 1. The first-order chi connectivity index (χ1) is 8.54. The van der Waals surface area contributed by atoms with Crippen molar-refractivity contribution >= 4 is 11.9 Å². The topological polar surface area (TPSA) is 66.4 Å². The minimum atomic E-state index is -1.01. The molecule has 4 heteroatoms. The lowest BCUT2D eigenvalue weighted by molar-refractivity contribution is -0.152. The second kappa shape index (κ2) is 5.29. The van der Waals surface area contributed by atoms with Crippen LogP contribution in [0.25, 0.3) is 0 Å². The van der Waals surface area contributed by atoms with E-state index >= 15 is 0 Å². The number of carboxylic acid groups (broad SMARTS) is 1. The maximum atomic E-state index is 12.0. The summed E-state index contributed by atoms with van der Waals surface area (Å²) in [5, 5.41) is 12.3. The zero-order chi connectivity index (χ0) is 13.2. The third kappa shape index (κ3) is 2.52. The second-order valence-corrected chi connectivity index (χ2v) is 5.97. The number of amides is 1. The predicted octanol–water partition coefficient (Wildman–Crippen LogP) is 2.33. The van der Waals surface area contributed by atoms with Crippen molar-refractivity contribution in [3.8, 4) is 0 Å². The van der Waals surface area contributed by atoms with E-state index in [2.05, 4.69) is 5.32 Å². The average molecular weight is 253 g/mol. The van der Waals surface area contributed by atoms with Gasteiger partial charge in [-0.15, -0.1) is 0 Å². The largest absolute Gasteiger partial charge is 0.479 e. The van der Waals surface area contributed by atoms with Gasteiger partial charge < -0.3 is 10.4 Å². The summed E-state index contributed by atoms with van der Waals surface area (Å²) in [5.41, 5.74) is -1.01. The van der Waals surface area contributed by atoms with E-state index in [9.17, 15) is 14.7 Å². The van der Waals surface area contributed by atoms with E-state index in [4.69, 9.17) is 0 Å². The molecule has 2 atom stereocenters. The van der Waals surface area contributed by atoms with E-state index in [1.165, 1.54) is 6.42 Å². The van der Waals surface area contributed by atoms with Gasteiger partial charge in [-0.05, 0) is 37.5 Å². The summed E-state index contributed by atoms with van der Waals surface area (Å²) in [6.07, 6.45) is 7.34. The number of carbonyl (C=O) groups is 2. The maximum absolute atomic E-state index is 12.0. The summed E-state index contributed by atoms with van der Waals surface area (Å²) in [6.45, 7) is 1.94. The molecule has 0 bridgehead atoms. The molecule has 2 N–H and O–H groups in total. The van der Waals surface area contributed by atoms with Crippen LogP contribution in [-0.2, 0) is 9.59 Å². The molecule has 0 saturated heterocycles. The quantitative estimate of drug-likeness (QED) is 0.808. The highest BCUT2D eigenvalue weighted by atomic mass is 16.4. The molecule has 102 valence electrons. The summed E-state index contributed by atoms with van der Waals surface area (Å²) in [6, 6.07) is 0. The first kappa shape index (κ1) is 13.4. The van der Waals surface area contributed by atoms with E-state index in [1.807, 2.05) is 6.92 Å². The molecule has 0 spiro atoms. The Morgan fingerprint density at radius 3 is 2.44 bits per heavy atom. The molecule has 0 radical (unpaired) electrons. The molecule has 0 aromatic carbocycles. The minimum Gasteiger partial charge on any atom is -0.479 e. The van der Waals surface area contributed by atoms with Crippen LogP contribution in [0.5, 0.6) is 0 Å². The van der Waals surface area contributed by atoms with Crippen molar-refractivity contribution < 1.29 is 14.7 Å². The van der Waals surface area contributed by atoms with Gasteiger partial charge in [0.2, 0.25) is 5.91 Å². The summed E-state index contributed by atoms with van der Waals surface area (Å²) >= 11 is 0. The van der Waals surface area contributed by atoms with Crippen LogP contribution >= 0.6 is 0 Å². The number of hydrogen-bond donors (Lipinski definition) is 2. The van der Waals surface area contributed by atoms with Gasteiger partial charge in [0.1, 0.15) is 5.54 Å². The first-order valence-corrected chi connectivity index (χ1v) is 7.09. The summed E-state index contributed by atoms with van der Waals surface area (Å²) in [7, 11) is 0. The molecule has 2 aliphatic rings. The molecular formula is C14H23NO3. The van der Waals surface area contributed by atoms with Gasteiger partial charge in [-0.2, -0.15) is 0 Å². The van der Waals surface area contributed by atoms with Gasteiger partial charge in [0, 0.05) is 6.42 Å². The number of carbonyl (C=O) groups excluding carboxylic acids is 1. The fraction of sp³-hybridized carbons (Fsp3) is 0.857. The van der Waals surface area contributed by atoms with Crippen molar-refractivity contribution in [3.63, 3.8) is 0 Å². The monoisotopic (exact) mass is 253 g/mol. The molecule has 0 aromatic rings. The normalized spacial score (nSPS) is 32.6. The molecule has 2 aliphatic carbocycles. The highest BCUT2D eigenvalue weighted by molar-refractivity contribution is 5.87. The van der Waals surface area contributed by atoms with Gasteiger partial charge in [0.15, 0.2) is 0 Å². The Morgan fingerprint density at radius 2 is 1.94 bits per heavy atom. The third-order valence-electron chi connectivity index (χ3n) is 4.74. The molecular weight excluding hydrogens is 230 g/mol. The standard InChI is InChI=1S/C14H23NO3/c1-10-5-2-3-8-14(10,13(17)18)15-12(16)9-11-6-4-7-11/h10-11H,2-9H2,1H3,(H,15,16)(H,17,18). The van der Waals surface area contributed by atoms with Crippen LogP contribution in [0, 0.1) is 11.8 Å². The van der Waals surface area contributed by atoms with Crippen LogP contribution in [0.4, 0.5) is 0 Å². The second-order valence-electron chi connectivity index (χ2n) is 5.97. The van der Waals surface area contributed by atoms with Gasteiger partial charge in [-0.25, -0.2) is 4.79 Å². The zero-order valence-electron chi connectivity index (χ0n) is 11.1. The minimum absolute atomic E-state index is 0.0223. The van der Waals surface area contributed by atoms with E-state index in [1.54, 1.807) is 0 Å². The van der Waals surface area contributed by atoms with Crippen molar-refractivity contribution in [2.45, 2.75) is 63.8 Å². The van der Waals surface area contributed by atoms with Crippen LogP contribution in [-0.4, -0.2) is 22.5 Å². The Hall–Kier alpha value is -1.06. The van der Waals surface area contributed by atoms with Gasteiger partial charge in [0.05, 0.1) is 0 Å². The van der Waals surface area contributed by atoms with Crippen molar-refractivity contribution in [2.75, 3.05) is 0 Å². The van der Waals surface area contributed by atoms with Crippen LogP contribution in [0.3, 0.4) is 0 Å².